The van der Waals surface area contributed by atoms with Crippen LogP contribution < -0.4 is 9.03 Å². The zero-order valence-electron chi connectivity index (χ0n) is 14.8. The van der Waals surface area contributed by atoms with Gasteiger partial charge in [-0.3, -0.25) is 4.79 Å². The first kappa shape index (κ1) is 19.0. The van der Waals surface area contributed by atoms with Gasteiger partial charge in [0.25, 0.3) is 0 Å². The number of anilines is 1. The van der Waals surface area contributed by atoms with Gasteiger partial charge in [-0.1, -0.05) is 6.07 Å². The summed E-state index contributed by atoms with van der Waals surface area (Å²) in [5.74, 6) is -0.286. The van der Waals surface area contributed by atoms with Gasteiger partial charge in [-0.25, -0.2) is 18.8 Å². The molecule has 1 atom stereocenters. The van der Waals surface area contributed by atoms with E-state index in [0.717, 1.165) is 4.31 Å². The number of aromatic nitrogens is 1. The van der Waals surface area contributed by atoms with Crippen molar-refractivity contribution in [3.63, 3.8) is 0 Å². The molecule has 1 unspecified atom stereocenters. The molecule has 0 fully saturated rings. The molecule has 10 heteroatoms. The SMILES string of the molecule is CN(C)C(=O)C1Cc2cccnc2N1S(=O)(=O)NC(=O)OC(C)(C)C. The fourth-order valence-electron chi connectivity index (χ4n) is 2.45. The van der Waals surface area contributed by atoms with E-state index in [4.69, 9.17) is 4.74 Å². The maximum absolute atomic E-state index is 12.7. The van der Waals surface area contributed by atoms with Gasteiger partial charge in [0.1, 0.15) is 17.5 Å². The lowest BCUT2D eigenvalue weighted by molar-refractivity contribution is -0.129. The van der Waals surface area contributed by atoms with E-state index in [2.05, 4.69) is 4.98 Å². The van der Waals surface area contributed by atoms with Crippen LogP contribution in [-0.2, 0) is 26.2 Å². The summed E-state index contributed by atoms with van der Waals surface area (Å²) in [6.07, 6.45) is 0.486. The summed E-state index contributed by atoms with van der Waals surface area (Å²) in [7, 11) is -1.31. The molecular weight excluding hydrogens is 348 g/mol. The van der Waals surface area contributed by atoms with E-state index in [1.165, 1.54) is 25.2 Å². The number of fused-ring (bicyclic) bond motifs is 1. The summed E-state index contributed by atoms with van der Waals surface area (Å²) in [5.41, 5.74) is -0.253. The Kier molecular flexibility index (Phi) is 4.94. The number of pyridine rings is 1. The van der Waals surface area contributed by atoms with Crippen LogP contribution in [0.4, 0.5) is 10.6 Å². The summed E-state index contributed by atoms with van der Waals surface area (Å²) < 4.78 is 33.1. The minimum absolute atomic E-state index is 0.124. The van der Waals surface area contributed by atoms with Crippen molar-refractivity contribution in [1.82, 2.24) is 14.6 Å². The van der Waals surface area contributed by atoms with E-state index < -0.39 is 33.9 Å². The third-order valence-electron chi connectivity index (χ3n) is 3.37. The van der Waals surface area contributed by atoms with Gasteiger partial charge in [-0.2, -0.15) is 8.42 Å². The molecule has 0 aliphatic carbocycles. The smallest absolute Gasteiger partial charge is 0.422 e. The molecule has 0 aromatic carbocycles. The maximum atomic E-state index is 12.7. The molecule has 1 aliphatic heterocycles. The van der Waals surface area contributed by atoms with Crippen molar-refractivity contribution >= 4 is 28.0 Å². The second-order valence-corrected chi connectivity index (χ2v) is 8.39. The Labute approximate surface area is 147 Å². The predicted octanol–water partition coefficient (Wildman–Crippen LogP) is 0.670. The molecule has 2 heterocycles. The first-order valence-corrected chi connectivity index (χ1v) is 9.06. The van der Waals surface area contributed by atoms with Crippen LogP contribution in [0.15, 0.2) is 18.3 Å². The van der Waals surface area contributed by atoms with Crippen LogP contribution in [0.2, 0.25) is 0 Å². The van der Waals surface area contributed by atoms with Gasteiger partial charge in [-0.05, 0) is 32.4 Å². The number of carbonyl (C=O) groups excluding carboxylic acids is 2. The lowest BCUT2D eigenvalue weighted by atomic mass is 10.1. The number of carbonyl (C=O) groups is 2. The van der Waals surface area contributed by atoms with Crippen LogP contribution in [0.5, 0.6) is 0 Å². The Morgan fingerprint density at radius 2 is 2.00 bits per heavy atom. The molecule has 1 aromatic heterocycles. The van der Waals surface area contributed by atoms with Gasteiger partial charge in [0.05, 0.1) is 0 Å². The number of rotatable bonds is 3. The van der Waals surface area contributed by atoms with Gasteiger partial charge >= 0.3 is 16.3 Å². The van der Waals surface area contributed by atoms with Crippen LogP contribution in [-0.4, -0.2) is 56.0 Å². The molecule has 0 saturated carbocycles. The molecule has 0 radical (unpaired) electrons. The van der Waals surface area contributed by atoms with Crippen molar-refractivity contribution in [1.29, 1.82) is 0 Å². The first-order chi connectivity index (χ1) is 11.4. The van der Waals surface area contributed by atoms with E-state index in [9.17, 15) is 18.0 Å². The molecule has 2 rings (SSSR count). The number of amides is 2. The summed E-state index contributed by atoms with van der Waals surface area (Å²) >= 11 is 0. The average molecular weight is 370 g/mol. The summed E-state index contributed by atoms with van der Waals surface area (Å²) in [6, 6.07) is 2.34. The van der Waals surface area contributed by atoms with Crippen LogP contribution in [0, 0.1) is 0 Å². The lowest BCUT2D eigenvalue weighted by Gasteiger charge is -2.27. The molecule has 0 saturated heterocycles. The number of likely N-dealkylation sites (N-methyl/N-ethyl adjacent to an activating group) is 1. The number of nitrogens with zero attached hydrogens (tertiary/aromatic N) is 3. The van der Waals surface area contributed by atoms with Gasteiger partial charge in [0.2, 0.25) is 5.91 Å². The minimum atomic E-state index is -4.37. The summed E-state index contributed by atoms with van der Waals surface area (Å²) in [6.45, 7) is 4.85. The second kappa shape index (κ2) is 6.51. The largest absolute Gasteiger partial charge is 0.443 e. The summed E-state index contributed by atoms with van der Waals surface area (Å²) in [4.78, 5) is 29.7. The van der Waals surface area contributed by atoms with Crippen molar-refractivity contribution in [2.45, 2.75) is 38.8 Å². The highest BCUT2D eigenvalue weighted by Crippen LogP contribution is 2.32. The molecule has 1 N–H and O–H groups in total. The van der Waals surface area contributed by atoms with Crippen LogP contribution in [0.1, 0.15) is 26.3 Å². The summed E-state index contributed by atoms with van der Waals surface area (Å²) in [5, 5.41) is 0. The Morgan fingerprint density at radius 1 is 1.36 bits per heavy atom. The Balaban J connectivity index is 2.37. The fourth-order valence-corrected chi connectivity index (χ4v) is 3.69. The van der Waals surface area contributed by atoms with Crippen molar-refractivity contribution in [2.24, 2.45) is 0 Å². The molecule has 138 valence electrons. The van der Waals surface area contributed by atoms with E-state index >= 15 is 0 Å². The van der Waals surface area contributed by atoms with Gasteiger partial charge in [0.15, 0.2) is 0 Å². The molecular formula is C15H22N4O5S. The molecule has 0 spiro atoms. The zero-order chi connectivity index (χ0) is 19.0. The van der Waals surface area contributed by atoms with Gasteiger partial charge in [0, 0.05) is 26.7 Å². The average Bonchev–Trinajstić information content (AvgIpc) is 2.83. The Morgan fingerprint density at radius 3 is 2.56 bits per heavy atom. The molecule has 25 heavy (non-hydrogen) atoms. The topological polar surface area (TPSA) is 109 Å². The monoisotopic (exact) mass is 370 g/mol. The molecule has 0 bridgehead atoms. The standard InChI is InChI=1S/C15H22N4O5S/c1-15(2,3)24-14(21)17-25(22,23)19-11(13(20)18(4)5)9-10-7-6-8-16-12(10)19/h6-8,11H,9H2,1-5H3,(H,17,21). The molecule has 1 aromatic rings. The van der Waals surface area contributed by atoms with Crippen molar-refractivity contribution < 1.29 is 22.7 Å². The minimum Gasteiger partial charge on any atom is -0.443 e. The highest BCUT2D eigenvalue weighted by Gasteiger charge is 2.44. The normalized spacial score (nSPS) is 17.0. The van der Waals surface area contributed by atoms with E-state index in [0.29, 0.717) is 5.56 Å². The molecule has 1 aliphatic rings. The maximum Gasteiger partial charge on any atom is 0.422 e. The number of nitrogens with one attached hydrogen (secondary N) is 1. The van der Waals surface area contributed by atoms with E-state index in [1.54, 1.807) is 32.9 Å². The number of ether oxygens (including phenoxy) is 1. The van der Waals surface area contributed by atoms with Crippen molar-refractivity contribution in [2.75, 3.05) is 18.4 Å². The first-order valence-electron chi connectivity index (χ1n) is 7.62. The number of hydrogen-bond donors (Lipinski definition) is 1. The van der Waals surface area contributed by atoms with E-state index in [1.807, 2.05) is 4.72 Å². The fraction of sp³-hybridized carbons (Fsp3) is 0.533. The lowest BCUT2D eigenvalue weighted by Crippen LogP contribution is -2.53. The number of hydrogen-bond acceptors (Lipinski definition) is 6. The highest BCUT2D eigenvalue weighted by molar-refractivity contribution is 7.91. The molecule has 9 nitrogen and oxygen atoms in total. The van der Waals surface area contributed by atoms with Crippen molar-refractivity contribution in [3.05, 3.63) is 23.9 Å². The van der Waals surface area contributed by atoms with Crippen molar-refractivity contribution in [3.8, 4) is 0 Å². The van der Waals surface area contributed by atoms with Gasteiger partial charge in [-0.15, -0.1) is 0 Å². The zero-order valence-corrected chi connectivity index (χ0v) is 15.6. The molecule has 2 amide bonds. The van der Waals surface area contributed by atoms with Crippen LogP contribution >= 0.6 is 0 Å². The van der Waals surface area contributed by atoms with E-state index in [-0.39, 0.29) is 12.2 Å². The highest BCUT2D eigenvalue weighted by atomic mass is 32.2. The third-order valence-corrected chi connectivity index (χ3v) is 4.74. The Bertz CT molecular complexity index is 785. The van der Waals surface area contributed by atoms with Crippen LogP contribution in [0.25, 0.3) is 0 Å². The van der Waals surface area contributed by atoms with Gasteiger partial charge < -0.3 is 9.64 Å². The quantitative estimate of drug-likeness (QED) is 0.838. The predicted molar refractivity (Wildman–Crippen MR) is 91.2 cm³/mol. The van der Waals surface area contributed by atoms with Crippen LogP contribution in [0.3, 0.4) is 0 Å². The second-order valence-electron chi connectivity index (χ2n) is 6.84. The Hall–Kier alpha value is -2.36. The third kappa shape index (κ3) is 4.19.